The molecule has 0 saturated heterocycles. The number of halogens is 2. The highest BCUT2D eigenvalue weighted by Gasteiger charge is 2.08. The van der Waals surface area contributed by atoms with Crippen LogP contribution in [0, 0.1) is 0 Å². The van der Waals surface area contributed by atoms with Crippen LogP contribution in [0.3, 0.4) is 0 Å². The second-order valence-electron chi connectivity index (χ2n) is 3.02. The van der Waals surface area contributed by atoms with Gasteiger partial charge in [-0.15, -0.1) is 0 Å². The van der Waals surface area contributed by atoms with Gasteiger partial charge in [-0.25, -0.2) is 9.97 Å². The Morgan fingerprint density at radius 1 is 1.31 bits per heavy atom. The number of hydrogen-bond acceptors (Lipinski definition) is 3. The topological polar surface area (TPSA) is 29.0 Å². The summed E-state index contributed by atoms with van der Waals surface area (Å²) in [7, 11) is 1.93. The Labute approximate surface area is 87.7 Å². The van der Waals surface area contributed by atoms with Gasteiger partial charge in [0.05, 0.1) is 0 Å². The molecule has 0 fully saturated rings. The van der Waals surface area contributed by atoms with E-state index in [1.54, 1.807) is 6.07 Å². The van der Waals surface area contributed by atoms with E-state index in [-0.39, 0.29) is 5.28 Å². The molecule has 0 amide bonds. The predicted octanol–water partition coefficient (Wildman–Crippen LogP) is 2.63. The summed E-state index contributed by atoms with van der Waals surface area (Å²) in [5.41, 5.74) is 0. The maximum absolute atomic E-state index is 5.74. The monoisotopic (exact) mass is 219 g/mol. The largest absolute Gasteiger partial charge is 0.357 e. The van der Waals surface area contributed by atoms with Crippen LogP contribution in [0.25, 0.3) is 0 Å². The van der Waals surface area contributed by atoms with Crippen molar-refractivity contribution in [1.82, 2.24) is 9.97 Å². The molecule has 0 aliphatic heterocycles. The lowest BCUT2D eigenvalue weighted by Gasteiger charge is -2.22. The first kappa shape index (κ1) is 10.5. The molecule has 0 unspecified atom stereocenters. The zero-order valence-corrected chi connectivity index (χ0v) is 9.26. The van der Waals surface area contributed by atoms with E-state index in [0.29, 0.717) is 11.2 Å². The van der Waals surface area contributed by atoms with Gasteiger partial charge in [0.1, 0.15) is 11.0 Å². The van der Waals surface area contributed by atoms with Crippen molar-refractivity contribution in [3.63, 3.8) is 0 Å². The van der Waals surface area contributed by atoms with E-state index >= 15 is 0 Å². The number of nitrogens with zero attached hydrogens (tertiary/aromatic N) is 3. The minimum absolute atomic E-state index is 0.176. The maximum atomic E-state index is 5.74. The summed E-state index contributed by atoms with van der Waals surface area (Å²) >= 11 is 11.4. The number of anilines is 1. The third kappa shape index (κ3) is 2.71. The summed E-state index contributed by atoms with van der Waals surface area (Å²) in [4.78, 5) is 9.79. The van der Waals surface area contributed by atoms with Crippen LogP contribution in [0.1, 0.15) is 13.8 Å². The molecule has 0 aliphatic rings. The van der Waals surface area contributed by atoms with E-state index in [1.165, 1.54) is 0 Å². The van der Waals surface area contributed by atoms with Gasteiger partial charge in [-0.1, -0.05) is 11.6 Å². The Balaban J connectivity index is 3.01. The summed E-state index contributed by atoms with van der Waals surface area (Å²) in [6.07, 6.45) is 0. The number of aromatic nitrogens is 2. The summed E-state index contributed by atoms with van der Waals surface area (Å²) in [6.45, 7) is 4.12. The zero-order valence-electron chi connectivity index (χ0n) is 7.75. The van der Waals surface area contributed by atoms with Gasteiger partial charge in [-0.3, -0.25) is 0 Å². The quantitative estimate of drug-likeness (QED) is 0.566. The average molecular weight is 220 g/mol. The Hall–Kier alpha value is -0.540. The molecule has 0 radical (unpaired) electrons. The van der Waals surface area contributed by atoms with Crippen molar-refractivity contribution in [2.75, 3.05) is 11.9 Å². The highest BCUT2D eigenvalue weighted by atomic mass is 35.5. The smallest absolute Gasteiger partial charge is 0.225 e. The van der Waals surface area contributed by atoms with Gasteiger partial charge in [-0.2, -0.15) is 0 Å². The Bertz CT molecular complexity index is 281. The van der Waals surface area contributed by atoms with Crippen LogP contribution in [0.5, 0.6) is 0 Å². The van der Waals surface area contributed by atoms with Gasteiger partial charge in [0.2, 0.25) is 5.28 Å². The van der Waals surface area contributed by atoms with E-state index in [4.69, 9.17) is 23.2 Å². The van der Waals surface area contributed by atoms with E-state index < -0.39 is 0 Å². The SMILES string of the molecule is CC(C)N(C)c1cc(Cl)nc(Cl)n1. The van der Waals surface area contributed by atoms with Crippen molar-refractivity contribution in [2.45, 2.75) is 19.9 Å². The van der Waals surface area contributed by atoms with Gasteiger partial charge < -0.3 is 4.90 Å². The van der Waals surface area contributed by atoms with Crippen LogP contribution >= 0.6 is 23.2 Å². The molecule has 0 aromatic carbocycles. The van der Waals surface area contributed by atoms with Crippen LogP contribution < -0.4 is 4.90 Å². The highest BCUT2D eigenvalue weighted by molar-refractivity contribution is 6.32. The third-order valence-electron chi connectivity index (χ3n) is 1.79. The first-order chi connectivity index (χ1) is 6.00. The number of rotatable bonds is 2. The minimum Gasteiger partial charge on any atom is -0.357 e. The van der Waals surface area contributed by atoms with E-state index in [0.717, 1.165) is 5.82 Å². The van der Waals surface area contributed by atoms with E-state index in [2.05, 4.69) is 23.8 Å². The molecule has 0 spiro atoms. The Morgan fingerprint density at radius 3 is 2.38 bits per heavy atom. The summed E-state index contributed by atoms with van der Waals surface area (Å²) in [6, 6.07) is 2.04. The Kier molecular flexibility index (Phi) is 3.33. The minimum atomic E-state index is 0.176. The third-order valence-corrected chi connectivity index (χ3v) is 2.15. The molecule has 1 rings (SSSR count). The van der Waals surface area contributed by atoms with Crippen molar-refractivity contribution in [3.05, 3.63) is 16.5 Å². The van der Waals surface area contributed by atoms with Crippen molar-refractivity contribution < 1.29 is 0 Å². The molecule has 0 atom stereocenters. The second-order valence-corrected chi connectivity index (χ2v) is 3.75. The summed E-state index contributed by atoms with van der Waals surface area (Å²) in [5.74, 6) is 0.736. The van der Waals surface area contributed by atoms with Crippen molar-refractivity contribution in [3.8, 4) is 0 Å². The van der Waals surface area contributed by atoms with Crippen LogP contribution in [0.2, 0.25) is 10.4 Å². The van der Waals surface area contributed by atoms with Gasteiger partial charge in [0.15, 0.2) is 0 Å². The normalized spacial score (nSPS) is 10.6. The van der Waals surface area contributed by atoms with Crippen LogP contribution in [0.15, 0.2) is 6.07 Å². The van der Waals surface area contributed by atoms with Crippen molar-refractivity contribution in [2.24, 2.45) is 0 Å². The lowest BCUT2D eigenvalue weighted by molar-refractivity contribution is 0.741. The fraction of sp³-hybridized carbons (Fsp3) is 0.500. The molecule has 1 heterocycles. The van der Waals surface area contributed by atoms with Gasteiger partial charge in [0, 0.05) is 19.2 Å². The standard InChI is InChI=1S/C8H11Cl2N3/c1-5(2)13(3)7-4-6(9)11-8(10)12-7/h4-5H,1-3H3. The average Bonchev–Trinajstić information content (AvgIpc) is 2.01. The van der Waals surface area contributed by atoms with E-state index in [1.807, 2.05) is 11.9 Å². The molecule has 0 aliphatic carbocycles. The van der Waals surface area contributed by atoms with E-state index in [9.17, 15) is 0 Å². The first-order valence-electron chi connectivity index (χ1n) is 3.93. The summed E-state index contributed by atoms with van der Waals surface area (Å²) in [5, 5.41) is 0.539. The van der Waals surface area contributed by atoms with Gasteiger partial charge in [0.25, 0.3) is 0 Å². The molecule has 5 heteroatoms. The fourth-order valence-electron chi connectivity index (χ4n) is 0.824. The van der Waals surface area contributed by atoms with Crippen LogP contribution in [-0.2, 0) is 0 Å². The molecule has 1 aromatic rings. The van der Waals surface area contributed by atoms with Crippen LogP contribution in [0.4, 0.5) is 5.82 Å². The molecule has 3 nitrogen and oxygen atoms in total. The first-order valence-corrected chi connectivity index (χ1v) is 4.69. The van der Waals surface area contributed by atoms with Crippen molar-refractivity contribution in [1.29, 1.82) is 0 Å². The molecule has 0 N–H and O–H groups in total. The highest BCUT2D eigenvalue weighted by Crippen LogP contribution is 2.18. The molecule has 72 valence electrons. The molecule has 0 bridgehead atoms. The molecular weight excluding hydrogens is 209 g/mol. The predicted molar refractivity (Wildman–Crippen MR) is 55.6 cm³/mol. The molecule has 13 heavy (non-hydrogen) atoms. The maximum Gasteiger partial charge on any atom is 0.225 e. The fourth-order valence-corrected chi connectivity index (χ4v) is 1.22. The number of hydrogen-bond donors (Lipinski definition) is 0. The van der Waals surface area contributed by atoms with Crippen molar-refractivity contribution >= 4 is 29.0 Å². The molecule has 1 aromatic heterocycles. The van der Waals surface area contributed by atoms with Gasteiger partial charge in [-0.05, 0) is 25.4 Å². The molecule has 0 saturated carbocycles. The second kappa shape index (κ2) is 4.11. The molecular formula is C8H11Cl2N3. The zero-order chi connectivity index (χ0) is 10.0. The lowest BCUT2D eigenvalue weighted by atomic mass is 10.3. The van der Waals surface area contributed by atoms with Gasteiger partial charge >= 0.3 is 0 Å². The lowest BCUT2D eigenvalue weighted by Crippen LogP contribution is -2.26. The van der Waals surface area contributed by atoms with Crippen LogP contribution in [-0.4, -0.2) is 23.1 Å². The Morgan fingerprint density at radius 2 is 1.92 bits per heavy atom. The summed E-state index contributed by atoms with van der Waals surface area (Å²) < 4.78 is 0.